The molecule has 61 heavy (non-hydrogen) atoms. The maximum absolute atomic E-state index is 9.15. The molecular formula is C55H45N5Pt. The molecule has 3 aliphatic heterocycles. The molecule has 8 aromatic carbocycles. The van der Waals surface area contributed by atoms with Gasteiger partial charge in [-0.2, -0.15) is 0 Å². The molecule has 4 bridgehead atoms. The molecule has 0 fully saturated rings. The van der Waals surface area contributed by atoms with Crippen LogP contribution in [0.1, 0.15) is 30.4 Å². The Kier molecular flexibility index (Phi) is 8.20. The summed E-state index contributed by atoms with van der Waals surface area (Å²) in [4.78, 5) is 11.0. The van der Waals surface area contributed by atoms with Gasteiger partial charge in [0.15, 0.2) is 0 Å². The van der Waals surface area contributed by atoms with Gasteiger partial charge >= 0.3 is 373 Å². The maximum atomic E-state index is 9.15. The van der Waals surface area contributed by atoms with Crippen LogP contribution in [-0.4, -0.2) is 15.3 Å². The van der Waals surface area contributed by atoms with Crippen molar-refractivity contribution in [2.24, 2.45) is 0 Å². The van der Waals surface area contributed by atoms with Crippen LogP contribution in [0.3, 0.4) is 0 Å². The number of fused-ring (bicyclic) bond motifs is 12. The summed E-state index contributed by atoms with van der Waals surface area (Å²) in [5, 5.41) is 0. The molecule has 8 aromatic rings. The van der Waals surface area contributed by atoms with E-state index in [4.69, 9.17) is 4.11 Å². The third-order valence-electron chi connectivity index (χ3n) is 11.7. The molecule has 11 rings (SSSR count). The van der Waals surface area contributed by atoms with Crippen LogP contribution in [0, 0.1) is 0 Å². The number of para-hydroxylation sites is 5. The van der Waals surface area contributed by atoms with E-state index in [2.05, 4.69) is 222 Å². The first kappa shape index (κ1) is 34.0. The van der Waals surface area contributed by atoms with E-state index in [1.165, 1.54) is 5.56 Å². The zero-order valence-electron chi connectivity index (χ0n) is 37.1. The SMILES string of the molecule is [2H]C([2H])([2H])N1[C]2=[Pt]=[C]3N(c4ccc(C(C)(C)C)cc4)c4ccccc4N3c3cccc(c3)N(c3c(-c4ccccc4)cccc3-c3ccccc3)c3cccc(c3)N2c2ccccc21. The molecule has 0 saturated carbocycles. The molecule has 5 nitrogen and oxygen atoms in total. The monoisotopic (exact) mass is 973 g/mol. The summed E-state index contributed by atoms with van der Waals surface area (Å²) in [6.45, 7) is 4.25. The van der Waals surface area contributed by atoms with Crippen molar-refractivity contribution >= 4 is 65.2 Å². The third-order valence-corrected chi connectivity index (χ3v) is 14.7. The van der Waals surface area contributed by atoms with Crippen LogP contribution in [0.2, 0.25) is 0 Å². The van der Waals surface area contributed by atoms with Crippen molar-refractivity contribution in [3.8, 4) is 22.3 Å². The van der Waals surface area contributed by atoms with Crippen molar-refractivity contribution < 1.29 is 21.8 Å². The Morgan fingerprint density at radius 2 is 0.820 bits per heavy atom. The van der Waals surface area contributed by atoms with Gasteiger partial charge < -0.3 is 0 Å². The molecular weight excluding hydrogens is 926 g/mol. The summed E-state index contributed by atoms with van der Waals surface area (Å²) in [5.41, 5.74) is 15.1. The van der Waals surface area contributed by atoms with Crippen LogP contribution in [0.15, 0.2) is 200 Å². The normalized spacial score (nSPS) is 15.3. The Bertz CT molecular complexity index is 3100. The summed E-state index contributed by atoms with van der Waals surface area (Å²) in [5.74, 6) is 0. The van der Waals surface area contributed by atoms with Crippen molar-refractivity contribution in [1.82, 2.24) is 0 Å². The van der Waals surface area contributed by atoms with Gasteiger partial charge in [-0.3, -0.25) is 0 Å². The topological polar surface area (TPSA) is 16.2 Å². The van der Waals surface area contributed by atoms with Gasteiger partial charge in [0.25, 0.3) is 0 Å². The van der Waals surface area contributed by atoms with Gasteiger partial charge in [0.2, 0.25) is 0 Å². The summed E-state index contributed by atoms with van der Waals surface area (Å²) >= 11 is -1.28. The fourth-order valence-electron chi connectivity index (χ4n) is 8.72. The van der Waals surface area contributed by atoms with E-state index in [9.17, 15) is 0 Å². The first-order chi connectivity index (χ1) is 31.0. The molecule has 0 unspecified atom stereocenters. The summed E-state index contributed by atoms with van der Waals surface area (Å²) in [7, 11) is 0. The van der Waals surface area contributed by atoms with E-state index in [0.29, 0.717) is 5.69 Å². The van der Waals surface area contributed by atoms with Crippen molar-refractivity contribution in [1.29, 1.82) is 0 Å². The van der Waals surface area contributed by atoms with Crippen LogP contribution < -0.4 is 24.5 Å². The van der Waals surface area contributed by atoms with Crippen molar-refractivity contribution in [2.45, 2.75) is 26.2 Å². The first-order valence-electron chi connectivity index (χ1n) is 22.1. The fraction of sp³-hybridized carbons (Fsp3) is 0.0909. The van der Waals surface area contributed by atoms with Gasteiger partial charge in [-0.15, -0.1) is 0 Å². The number of benzene rings is 8. The minimum absolute atomic E-state index is 0.0205. The van der Waals surface area contributed by atoms with Gasteiger partial charge in [0.05, 0.1) is 0 Å². The molecule has 0 atom stereocenters. The van der Waals surface area contributed by atoms with Crippen LogP contribution in [0.25, 0.3) is 22.3 Å². The summed E-state index contributed by atoms with van der Waals surface area (Å²) < 4.78 is 29.2. The van der Waals surface area contributed by atoms with Crippen molar-refractivity contribution in [3.05, 3.63) is 206 Å². The fourth-order valence-corrected chi connectivity index (χ4v) is 12.2. The quantitative estimate of drug-likeness (QED) is 0.174. The van der Waals surface area contributed by atoms with Gasteiger partial charge in [0, 0.05) is 0 Å². The van der Waals surface area contributed by atoms with Crippen molar-refractivity contribution in [3.63, 3.8) is 0 Å². The Hall–Kier alpha value is -6.81. The molecule has 0 saturated heterocycles. The third kappa shape index (κ3) is 6.26. The second-order valence-electron chi connectivity index (χ2n) is 16.5. The first-order valence-corrected chi connectivity index (χ1v) is 22.9. The number of hydrogen-bond donors (Lipinski definition) is 0. The van der Waals surface area contributed by atoms with Crippen molar-refractivity contribution in [2.75, 3.05) is 31.5 Å². The predicted molar refractivity (Wildman–Crippen MR) is 255 cm³/mol. The second-order valence-corrected chi connectivity index (χ2v) is 19.1. The molecule has 0 aliphatic carbocycles. The predicted octanol–water partition coefficient (Wildman–Crippen LogP) is 13.9. The molecule has 0 aromatic heterocycles. The van der Waals surface area contributed by atoms with Crippen LogP contribution in [0.4, 0.5) is 56.9 Å². The van der Waals surface area contributed by atoms with E-state index in [-0.39, 0.29) is 5.41 Å². The Morgan fingerprint density at radius 3 is 1.33 bits per heavy atom. The standard InChI is InChI=1S/C55H45N5.Pt/c1-55(2,3)42-32-34-43(35-33-42)58-39-59(53-31-14-13-30-52(53)58)45-23-16-25-47(37-45)60(46-24-15-22-44(36-46)57-38-56(4)50-28-11-12-29-51(50)57)54-48(40-18-7-5-8-19-40)26-17-27-49(54)41-20-9-6-10-21-41;/h5-37H,1-4H3;/i4D3;. The Balaban J connectivity index is 1.26. The van der Waals surface area contributed by atoms with Crippen LogP contribution in [0.5, 0.6) is 0 Å². The van der Waals surface area contributed by atoms with Gasteiger partial charge in [-0.25, -0.2) is 0 Å². The molecule has 0 radical (unpaired) electrons. The Morgan fingerprint density at radius 1 is 0.393 bits per heavy atom. The summed E-state index contributed by atoms with van der Waals surface area (Å²) in [6, 6.07) is 70.6. The average Bonchev–Trinajstić information content (AvgIpc) is 3.82. The van der Waals surface area contributed by atoms with Gasteiger partial charge in [0.1, 0.15) is 0 Å². The molecule has 300 valence electrons. The van der Waals surface area contributed by atoms with E-state index in [1.54, 1.807) is 4.90 Å². The molecule has 0 amide bonds. The number of rotatable bonds is 4. The van der Waals surface area contributed by atoms with Crippen LogP contribution in [-0.2, 0) is 23.1 Å². The van der Waals surface area contributed by atoms with E-state index >= 15 is 0 Å². The minimum atomic E-state index is -2.46. The van der Waals surface area contributed by atoms with E-state index in [0.717, 1.165) is 81.7 Å². The average molecular weight is 974 g/mol. The molecule has 0 spiro atoms. The van der Waals surface area contributed by atoms with Gasteiger partial charge in [-0.05, 0) is 0 Å². The molecule has 3 aliphatic rings. The van der Waals surface area contributed by atoms with Crippen LogP contribution >= 0.6 is 0 Å². The zero-order chi connectivity index (χ0) is 43.7. The number of hydrogen-bond acceptors (Lipinski definition) is 5. The van der Waals surface area contributed by atoms with E-state index in [1.807, 2.05) is 18.2 Å². The Labute approximate surface area is 370 Å². The molecule has 3 heterocycles. The zero-order valence-corrected chi connectivity index (χ0v) is 36.4. The molecule has 6 heteroatoms. The number of nitrogens with zero attached hydrogens (tertiary/aromatic N) is 5. The van der Waals surface area contributed by atoms with E-state index < -0.39 is 24.6 Å². The summed E-state index contributed by atoms with van der Waals surface area (Å²) in [6.07, 6.45) is 0. The second kappa shape index (κ2) is 14.7. The van der Waals surface area contributed by atoms with Gasteiger partial charge in [-0.1, -0.05) is 0 Å². The molecule has 0 N–H and O–H groups in total. The number of anilines is 10.